The lowest BCUT2D eigenvalue weighted by atomic mass is 10.1. The first-order chi connectivity index (χ1) is 10.5. The van der Waals surface area contributed by atoms with E-state index in [0.29, 0.717) is 6.54 Å². The molecule has 0 amide bonds. The highest BCUT2D eigenvalue weighted by Gasteiger charge is 2.11. The quantitative estimate of drug-likeness (QED) is 0.399. The van der Waals surface area contributed by atoms with E-state index in [4.69, 9.17) is 11.6 Å². The van der Waals surface area contributed by atoms with E-state index in [-0.39, 0.29) is 30.0 Å². The van der Waals surface area contributed by atoms with Crippen LogP contribution in [-0.4, -0.2) is 18.0 Å². The second-order valence-electron chi connectivity index (χ2n) is 5.05. The van der Waals surface area contributed by atoms with E-state index in [9.17, 15) is 0 Å². The Kier molecular flexibility index (Phi) is 8.28. The molecule has 1 aromatic heterocycles. The number of nitrogens with one attached hydrogen (secondary N) is 2. The molecule has 0 saturated carbocycles. The maximum Gasteiger partial charge on any atom is 0.191 e. The number of hydrogen-bond acceptors (Lipinski definition) is 3. The van der Waals surface area contributed by atoms with Crippen LogP contribution in [0.4, 0.5) is 0 Å². The van der Waals surface area contributed by atoms with Gasteiger partial charge >= 0.3 is 0 Å². The molecular weight excluding hydrogens is 443 g/mol. The Morgan fingerprint density at radius 3 is 2.61 bits per heavy atom. The first-order valence-electron chi connectivity index (χ1n) is 7.15. The minimum absolute atomic E-state index is 0. The fourth-order valence-electron chi connectivity index (χ4n) is 2.21. The lowest BCUT2D eigenvalue weighted by Crippen LogP contribution is -2.38. The van der Waals surface area contributed by atoms with Gasteiger partial charge in [0.15, 0.2) is 5.96 Å². The number of hydrogen-bond donors (Lipinski definition) is 2. The molecule has 23 heavy (non-hydrogen) atoms. The zero-order valence-corrected chi connectivity index (χ0v) is 17.6. The van der Waals surface area contributed by atoms with Gasteiger partial charge in [0, 0.05) is 16.9 Å². The molecule has 2 aromatic rings. The number of benzene rings is 1. The van der Waals surface area contributed by atoms with Gasteiger partial charge in [0.1, 0.15) is 0 Å². The molecule has 0 radical (unpaired) electrons. The molecule has 2 N–H and O–H groups in total. The molecule has 1 aromatic carbocycles. The van der Waals surface area contributed by atoms with E-state index in [2.05, 4.69) is 27.5 Å². The van der Waals surface area contributed by atoms with Gasteiger partial charge in [-0.15, -0.1) is 35.3 Å². The minimum atomic E-state index is 0. The van der Waals surface area contributed by atoms with Crippen LogP contribution in [0.25, 0.3) is 0 Å². The van der Waals surface area contributed by atoms with Crippen LogP contribution in [0.5, 0.6) is 0 Å². The van der Waals surface area contributed by atoms with Crippen molar-refractivity contribution < 1.29 is 0 Å². The molecule has 0 aliphatic rings. The van der Waals surface area contributed by atoms with Gasteiger partial charge in [-0.05, 0) is 32.4 Å². The number of guanidine groups is 1. The van der Waals surface area contributed by atoms with Crippen molar-refractivity contribution in [2.75, 3.05) is 7.05 Å². The highest BCUT2D eigenvalue weighted by molar-refractivity contribution is 14.0. The molecular formula is C16H22ClIN4S. The van der Waals surface area contributed by atoms with Crippen molar-refractivity contribution in [3.8, 4) is 0 Å². The number of nitrogens with zero attached hydrogens (tertiary/aromatic N) is 2. The van der Waals surface area contributed by atoms with Crippen molar-refractivity contribution in [2.24, 2.45) is 4.99 Å². The Morgan fingerprint density at radius 1 is 1.35 bits per heavy atom. The van der Waals surface area contributed by atoms with Gasteiger partial charge in [0.2, 0.25) is 0 Å². The summed E-state index contributed by atoms with van der Waals surface area (Å²) >= 11 is 7.94. The molecule has 1 atom stereocenters. The van der Waals surface area contributed by atoms with Crippen molar-refractivity contribution in [1.29, 1.82) is 0 Å². The van der Waals surface area contributed by atoms with Crippen LogP contribution in [0.2, 0.25) is 5.02 Å². The summed E-state index contributed by atoms with van der Waals surface area (Å²) in [6, 6.07) is 7.90. The number of aromatic nitrogens is 1. The highest BCUT2D eigenvalue weighted by atomic mass is 127. The number of thiazole rings is 1. The standard InChI is InChI=1S/C16H21ClN4S.HI/c1-10(13-7-5-6-8-14(13)17)21-16(18-4)19-9-15-11(2)20-12(3)22-15;/h5-8,10H,9H2,1-4H3,(H2,18,19,21);1H. The predicted octanol–water partition coefficient (Wildman–Crippen LogP) is 4.46. The van der Waals surface area contributed by atoms with Crippen LogP contribution in [0, 0.1) is 13.8 Å². The minimum Gasteiger partial charge on any atom is -0.351 e. The number of halogens is 2. The molecule has 1 unspecified atom stereocenters. The van der Waals surface area contributed by atoms with Gasteiger partial charge in [-0.1, -0.05) is 29.8 Å². The molecule has 126 valence electrons. The lowest BCUT2D eigenvalue weighted by molar-refractivity contribution is 0.686. The van der Waals surface area contributed by atoms with E-state index in [1.807, 2.05) is 38.1 Å². The lowest BCUT2D eigenvalue weighted by Gasteiger charge is -2.19. The van der Waals surface area contributed by atoms with Crippen molar-refractivity contribution in [3.63, 3.8) is 0 Å². The third kappa shape index (κ3) is 5.61. The number of rotatable bonds is 4. The average molecular weight is 465 g/mol. The SMILES string of the molecule is CN=C(NCc1sc(C)nc1C)NC(C)c1ccccc1Cl.I. The van der Waals surface area contributed by atoms with Crippen LogP contribution in [0.3, 0.4) is 0 Å². The molecule has 4 nitrogen and oxygen atoms in total. The summed E-state index contributed by atoms with van der Waals surface area (Å²) in [5.74, 6) is 0.748. The molecule has 0 spiro atoms. The van der Waals surface area contributed by atoms with E-state index in [0.717, 1.165) is 27.2 Å². The third-order valence-corrected chi connectivity index (χ3v) is 4.78. The van der Waals surface area contributed by atoms with Gasteiger partial charge in [0.25, 0.3) is 0 Å². The molecule has 7 heteroatoms. The van der Waals surface area contributed by atoms with Gasteiger partial charge in [-0.25, -0.2) is 4.98 Å². The Morgan fingerprint density at radius 2 is 2.04 bits per heavy atom. The van der Waals surface area contributed by atoms with Crippen molar-refractivity contribution in [2.45, 2.75) is 33.4 Å². The Bertz CT molecular complexity index is 672. The largest absolute Gasteiger partial charge is 0.351 e. The average Bonchev–Trinajstić information content (AvgIpc) is 2.81. The zero-order chi connectivity index (χ0) is 16.1. The smallest absolute Gasteiger partial charge is 0.191 e. The van der Waals surface area contributed by atoms with E-state index >= 15 is 0 Å². The van der Waals surface area contributed by atoms with Gasteiger partial charge < -0.3 is 10.6 Å². The summed E-state index contributed by atoms with van der Waals surface area (Å²) in [6.07, 6.45) is 0. The van der Waals surface area contributed by atoms with Crippen LogP contribution < -0.4 is 10.6 Å². The van der Waals surface area contributed by atoms with Crippen LogP contribution in [0.1, 0.15) is 34.1 Å². The van der Waals surface area contributed by atoms with Gasteiger partial charge in [-0.3, -0.25) is 4.99 Å². The number of aryl methyl sites for hydroxylation is 2. The van der Waals surface area contributed by atoms with Gasteiger partial charge in [-0.2, -0.15) is 0 Å². The fraction of sp³-hybridized carbons (Fsp3) is 0.375. The summed E-state index contributed by atoms with van der Waals surface area (Å²) in [5.41, 5.74) is 2.13. The van der Waals surface area contributed by atoms with Gasteiger partial charge in [0.05, 0.1) is 23.3 Å². The molecule has 0 fully saturated rings. The fourth-order valence-corrected chi connectivity index (χ4v) is 3.38. The van der Waals surface area contributed by atoms with Crippen molar-refractivity contribution >= 4 is 52.9 Å². The van der Waals surface area contributed by atoms with Crippen LogP contribution in [0.15, 0.2) is 29.3 Å². The maximum atomic E-state index is 6.24. The molecule has 0 aliphatic heterocycles. The van der Waals surface area contributed by atoms with E-state index in [1.165, 1.54) is 4.88 Å². The summed E-state index contributed by atoms with van der Waals surface area (Å²) in [4.78, 5) is 9.93. The summed E-state index contributed by atoms with van der Waals surface area (Å²) < 4.78 is 0. The second-order valence-corrected chi connectivity index (χ2v) is 6.75. The Balaban J connectivity index is 0.00000264. The maximum absolute atomic E-state index is 6.24. The molecule has 0 bridgehead atoms. The topological polar surface area (TPSA) is 49.3 Å². The molecule has 0 aliphatic carbocycles. The monoisotopic (exact) mass is 464 g/mol. The summed E-state index contributed by atoms with van der Waals surface area (Å²) in [7, 11) is 1.76. The molecule has 0 saturated heterocycles. The van der Waals surface area contributed by atoms with E-state index in [1.54, 1.807) is 18.4 Å². The summed E-state index contributed by atoms with van der Waals surface area (Å²) in [6.45, 7) is 6.83. The van der Waals surface area contributed by atoms with E-state index < -0.39 is 0 Å². The normalized spacial score (nSPS) is 12.5. The zero-order valence-electron chi connectivity index (χ0n) is 13.7. The second kappa shape index (κ2) is 9.44. The highest BCUT2D eigenvalue weighted by Crippen LogP contribution is 2.22. The summed E-state index contributed by atoms with van der Waals surface area (Å²) in [5, 5.41) is 8.53. The van der Waals surface area contributed by atoms with Crippen molar-refractivity contribution in [1.82, 2.24) is 15.6 Å². The molecule has 2 rings (SSSR count). The first kappa shape index (κ1) is 20.2. The Labute approximate surface area is 163 Å². The molecule has 1 heterocycles. The van der Waals surface area contributed by atoms with Crippen LogP contribution >= 0.6 is 46.9 Å². The number of aliphatic imine (C=N–C) groups is 1. The Hall–Kier alpha value is -0.860. The predicted molar refractivity (Wildman–Crippen MR) is 110 cm³/mol. The van der Waals surface area contributed by atoms with Crippen LogP contribution in [-0.2, 0) is 6.54 Å². The third-order valence-electron chi connectivity index (χ3n) is 3.36. The first-order valence-corrected chi connectivity index (χ1v) is 8.35. The van der Waals surface area contributed by atoms with Crippen molar-refractivity contribution in [3.05, 3.63) is 50.4 Å².